The first-order valence-electron chi connectivity index (χ1n) is 5.85. The summed E-state index contributed by atoms with van der Waals surface area (Å²) in [4.78, 5) is 2.49. The Morgan fingerprint density at radius 1 is 1.29 bits per heavy atom. The zero-order valence-corrected chi connectivity index (χ0v) is 14.1. The molecule has 0 N–H and O–H groups in total. The highest BCUT2D eigenvalue weighted by Crippen LogP contribution is 2.31. The van der Waals surface area contributed by atoms with Crippen LogP contribution in [0.15, 0.2) is 22.7 Å². The van der Waals surface area contributed by atoms with Gasteiger partial charge in [0.1, 0.15) is 0 Å². The molecule has 0 saturated carbocycles. The summed E-state index contributed by atoms with van der Waals surface area (Å²) in [6.45, 7) is 6.93. The summed E-state index contributed by atoms with van der Waals surface area (Å²) < 4.78 is 1.20. The van der Waals surface area contributed by atoms with E-state index >= 15 is 0 Å². The van der Waals surface area contributed by atoms with Gasteiger partial charge in [0.05, 0.1) is 0 Å². The Morgan fingerprint density at radius 2 is 1.94 bits per heavy atom. The predicted molar refractivity (Wildman–Crippen MR) is 85.5 cm³/mol. The summed E-state index contributed by atoms with van der Waals surface area (Å²) in [5.41, 5.74) is 2.64. The van der Waals surface area contributed by atoms with Gasteiger partial charge in [0.2, 0.25) is 0 Å². The van der Waals surface area contributed by atoms with E-state index in [0.717, 1.165) is 18.4 Å². The molecule has 1 saturated heterocycles. The van der Waals surface area contributed by atoms with Crippen molar-refractivity contribution in [3.05, 3.63) is 28.2 Å². The lowest BCUT2D eigenvalue weighted by molar-refractivity contribution is 0.728. The van der Waals surface area contributed by atoms with Gasteiger partial charge in [-0.2, -0.15) is 11.8 Å². The van der Waals surface area contributed by atoms with E-state index < -0.39 is 0 Å². The number of hydrogen-bond donors (Lipinski definition) is 0. The quantitative estimate of drug-likeness (QED) is 0.687. The Morgan fingerprint density at radius 3 is 2.47 bits per heavy atom. The number of anilines is 1. The lowest BCUT2D eigenvalue weighted by atomic mass is 10.2. The Hall–Kier alpha value is 0.330. The summed E-state index contributed by atoms with van der Waals surface area (Å²) >= 11 is 9.23. The Kier molecular flexibility index (Phi) is 4.84. The van der Waals surface area contributed by atoms with E-state index in [1.165, 1.54) is 15.7 Å². The van der Waals surface area contributed by atoms with Crippen LogP contribution in [0.5, 0.6) is 0 Å². The van der Waals surface area contributed by atoms with Crippen LogP contribution < -0.4 is 4.90 Å². The smallest absolute Gasteiger partial charge is 0.0378 e. The minimum atomic E-state index is 0.716. The van der Waals surface area contributed by atoms with Gasteiger partial charge in [-0.3, -0.25) is 0 Å². The SMILES string of the molecule is CC1CN(c2ccc(CBr)c(Br)c2)CC(C)S1. The highest BCUT2D eigenvalue weighted by atomic mass is 79.9. The Bertz CT molecular complexity index is 387. The number of alkyl halides is 1. The van der Waals surface area contributed by atoms with Crippen LogP contribution in [0.3, 0.4) is 0 Å². The molecule has 2 rings (SSSR count). The van der Waals surface area contributed by atoms with E-state index in [1.54, 1.807) is 0 Å². The summed E-state index contributed by atoms with van der Waals surface area (Å²) in [6.07, 6.45) is 0. The van der Waals surface area contributed by atoms with E-state index in [2.05, 4.69) is 80.6 Å². The normalized spacial score (nSPS) is 25.1. The molecule has 0 aromatic heterocycles. The third kappa shape index (κ3) is 3.42. The molecule has 4 heteroatoms. The van der Waals surface area contributed by atoms with Crippen molar-refractivity contribution in [2.24, 2.45) is 0 Å². The number of nitrogens with zero attached hydrogens (tertiary/aromatic N) is 1. The maximum Gasteiger partial charge on any atom is 0.0378 e. The highest BCUT2D eigenvalue weighted by Gasteiger charge is 2.22. The van der Waals surface area contributed by atoms with Gasteiger partial charge in [-0.25, -0.2) is 0 Å². The first-order chi connectivity index (χ1) is 8.10. The summed E-state index contributed by atoms with van der Waals surface area (Å²) in [5, 5.41) is 2.33. The first-order valence-corrected chi connectivity index (χ1v) is 8.70. The second-order valence-corrected chi connectivity index (χ2v) is 7.87. The lowest BCUT2D eigenvalue weighted by Crippen LogP contribution is -2.40. The minimum Gasteiger partial charge on any atom is -0.369 e. The van der Waals surface area contributed by atoms with Gasteiger partial charge in [0.15, 0.2) is 0 Å². The number of benzene rings is 1. The molecule has 1 aromatic carbocycles. The molecule has 2 unspecified atom stereocenters. The van der Waals surface area contributed by atoms with Crippen LogP contribution >= 0.6 is 43.6 Å². The van der Waals surface area contributed by atoms with Crippen LogP contribution in [0.2, 0.25) is 0 Å². The third-order valence-corrected chi connectivity index (χ3v) is 5.54. The fourth-order valence-electron chi connectivity index (χ4n) is 2.23. The van der Waals surface area contributed by atoms with Gasteiger partial charge in [-0.1, -0.05) is 51.8 Å². The first kappa shape index (κ1) is 13.8. The topological polar surface area (TPSA) is 3.24 Å². The highest BCUT2D eigenvalue weighted by molar-refractivity contribution is 9.10. The van der Waals surface area contributed by atoms with Crippen molar-refractivity contribution in [1.29, 1.82) is 0 Å². The number of thioether (sulfide) groups is 1. The van der Waals surface area contributed by atoms with Crippen LogP contribution in [0.25, 0.3) is 0 Å². The van der Waals surface area contributed by atoms with E-state index in [9.17, 15) is 0 Å². The average molecular weight is 379 g/mol. The maximum atomic E-state index is 3.64. The molecule has 1 aliphatic heterocycles. The molecular formula is C13H17Br2NS. The molecule has 0 bridgehead atoms. The molecule has 1 aliphatic rings. The van der Waals surface area contributed by atoms with Crippen LogP contribution in [-0.2, 0) is 5.33 Å². The maximum absolute atomic E-state index is 3.64. The van der Waals surface area contributed by atoms with Gasteiger partial charge < -0.3 is 4.90 Å². The molecule has 0 aliphatic carbocycles. The van der Waals surface area contributed by atoms with Crippen LogP contribution in [0, 0.1) is 0 Å². The van der Waals surface area contributed by atoms with Gasteiger partial charge >= 0.3 is 0 Å². The molecule has 1 heterocycles. The molecule has 0 amide bonds. The molecular weight excluding hydrogens is 362 g/mol. The number of hydrogen-bond acceptors (Lipinski definition) is 2. The van der Waals surface area contributed by atoms with E-state index in [0.29, 0.717) is 10.5 Å². The van der Waals surface area contributed by atoms with E-state index in [4.69, 9.17) is 0 Å². The second-order valence-electron chi connectivity index (χ2n) is 4.57. The predicted octanol–water partition coefficient (Wildman–Crippen LogP) is 4.67. The van der Waals surface area contributed by atoms with Crippen LogP contribution in [0.4, 0.5) is 5.69 Å². The van der Waals surface area contributed by atoms with Gasteiger partial charge in [-0.15, -0.1) is 0 Å². The molecule has 17 heavy (non-hydrogen) atoms. The molecule has 0 radical (unpaired) electrons. The van der Waals surface area contributed by atoms with Crippen molar-refractivity contribution in [2.45, 2.75) is 29.7 Å². The number of halogens is 2. The molecule has 1 aromatic rings. The molecule has 0 spiro atoms. The average Bonchev–Trinajstić information content (AvgIpc) is 2.27. The van der Waals surface area contributed by atoms with E-state index in [1.807, 2.05) is 0 Å². The zero-order valence-electron chi connectivity index (χ0n) is 10.1. The Labute approximate surface area is 125 Å². The van der Waals surface area contributed by atoms with Gasteiger partial charge in [0, 0.05) is 39.1 Å². The Balaban J connectivity index is 2.19. The van der Waals surface area contributed by atoms with Crippen molar-refractivity contribution in [3.8, 4) is 0 Å². The van der Waals surface area contributed by atoms with Crippen molar-refractivity contribution in [2.75, 3.05) is 18.0 Å². The fraction of sp³-hybridized carbons (Fsp3) is 0.538. The summed E-state index contributed by atoms with van der Waals surface area (Å²) in [5.74, 6) is 0. The molecule has 1 nitrogen and oxygen atoms in total. The van der Waals surface area contributed by atoms with Crippen molar-refractivity contribution in [1.82, 2.24) is 0 Å². The number of rotatable bonds is 2. The standard InChI is InChI=1S/C13H17Br2NS/c1-9-7-16(8-10(2)17-9)12-4-3-11(6-14)13(15)5-12/h3-5,9-10H,6-8H2,1-2H3. The molecule has 2 atom stereocenters. The minimum absolute atomic E-state index is 0.716. The lowest BCUT2D eigenvalue weighted by Gasteiger charge is -2.36. The fourth-order valence-corrected chi connectivity index (χ4v) is 4.93. The van der Waals surface area contributed by atoms with Gasteiger partial charge in [-0.05, 0) is 17.7 Å². The summed E-state index contributed by atoms with van der Waals surface area (Å²) in [7, 11) is 0. The van der Waals surface area contributed by atoms with Crippen LogP contribution in [0.1, 0.15) is 19.4 Å². The van der Waals surface area contributed by atoms with Gasteiger partial charge in [0.25, 0.3) is 0 Å². The molecule has 94 valence electrons. The van der Waals surface area contributed by atoms with Crippen LogP contribution in [-0.4, -0.2) is 23.6 Å². The second kappa shape index (κ2) is 5.98. The largest absolute Gasteiger partial charge is 0.369 e. The van der Waals surface area contributed by atoms with E-state index in [-0.39, 0.29) is 0 Å². The monoisotopic (exact) mass is 377 g/mol. The third-order valence-electron chi connectivity index (χ3n) is 2.97. The van der Waals surface area contributed by atoms with Crippen molar-refractivity contribution < 1.29 is 0 Å². The van der Waals surface area contributed by atoms with Crippen molar-refractivity contribution in [3.63, 3.8) is 0 Å². The zero-order chi connectivity index (χ0) is 12.4. The summed E-state index contributed by atoms with van der Waals surface area (Å²) in [6, 6.07) is 6.67. The molecule has 1 fully saturated rings. The van der Waals surface area contributed by atoms with Crippen molar-refractivity contribution >= 4 is 49.3 Å².